The first kappa shape index (κ1) is 18.0. The second-order valence-corrected chi connectivity index (χ2v) is 5.78. The second kappa shape index (κ2) is 8.52. The summed E-state index contributed by atoms with van der Waals surface area (Å²) in [6.45, 7) is 5.53. The zero-order chi connectivity index (χ0) is 17.5. The van der Waals surface area contributed by atoms with Crippen molar-refractivity contribution in [3.05, 3.63) is 18.0 Å². The molecule has 0 aliphatic carbocycles. The van der Waals surface area contributed by atoms with Gasteiger partial charge in [0.05, 0.1) is 5.92 Å². The standard InChI is InChI=1S/C15H18N4O3.C2H6/c20-9-10-3-5-19(6-4-10)15-16-7-11(8-17-15)12-1-2-13(21)18-14(12)22;1-2/h7-10,12H,1-6H2,(H,18,21,22);1-2H3. The van der Waals surface area contributed by atoms with Gasteiger partial charge >= 0.3 is 0 Å². The number of nitrogens with zero attached hydrogens (tertiary/aromatic N) is 3. The van der Waals surface area contributed by atoms with Crippen molar-refractivity contribution in [3.63, 3.8) is 0 Å². The first-order valence-electron chi connectivity index (χ1n) is 8.53. The number of aldehydes is 1. The quantitative estimate of drug-likeness (QED) is 0.665. The van der Waals surface area contributed by atoms with Crippen molar-refractivity contribution in [2.75, 3.05) is 18.0 Å². The van der Waals surface area contributed by atoms with Crippen molar-refractivity contribution in [1.82, 2.24) is 15.3 Å². The third-order valence-electron chi connectivity index (χ3n) is 4.31. The van der Waals surface area contributed by atoms with Gasteiger partial charge in [0.25, 0.3) is 0 Å². The smallest absolute Gasteiger partial charge is 0.234 e. The molecule has 0 saturated carbocycles. The zero-order valence-electron chi connectivity index (χ0n) is 14.2. The summed E-state index contributed by atoms with van der Waals surface area (Å²) in [5.41, 5.74) is 0.733. The topological polar surface area (TPSA) is 92.3 Å². The average Bonchev–Trinajstić information content (AvgIpc) is 2.64. The summed E-state index contributed by atoms with van der Waals surface area (Å²) in [6.07, 6.45) is 6.83. The minimum atomic E-state index is -0.354. The van der Waals surface area contributed by atoms with Crippen molar-refractivity contribution >= 4 is 24.0 Å². The minimum absolute atomic E-state index is 0.138. The highest BCUT2D eigenvalue weighted by Gasteiger charge is 2.28. The largest absolute Gasteiger partial charge is 0.341 e. The lowest BCUT2D eigenvalue weighted by atomic mass is 9.92. The predicted octanol–water partition coefficient (Wildman–Crippen LogP) is 1.44. The number of amides is 2. The first-order chi connectivity index (χ1) is 11.7. The van der Waals surface area contributed by atoms with E-state index in [0.717, 1.165) is 37.8 Å². The van der Waals surface area contributed by atoms with Crippen LogP contribution in [-0.2, 0) is 14.4 Å². The van der Waals surface area contributed by atoms with E-state index in [0.29, 0.717) is 18.8 Å². The number of piperidine rings is 2. The molecule has 1 aromatic heterocycles. The van der Waals surface area contributed by atoms with Gasteiger partial charge in [-0.3, -0.25) is 14.9 Å². The van der Waals surface area contributed by atoms with E-state index < -0.39 is 0 Å². The van der Waals surface area contributed by atoms with Gasteiger partial charge in [0.15, 0.2) is 0 Å². The molecule has 0 bridgehead atoms. The number of rotatable bonds is 3. The van der Waals surface area contributed by atoms with E-state index in [1.165, 1.54) is 0 Å². The Kier molecular flexibility index (Phi) is 6.40. The van der Waals surface area contributed by atoms with Gasteiger partial charge in [0.1, 0.15) is 6.29 Å². The van der Waals surface area contributed by atoms with Gasteiger partial charge in [-0.15, -0.1) is 0 Å². The van der Waals surface area contributed by atoms with Crippen LogP contribution < -0.4 is 10.2 Å². The molecular formula is C17H24N4O3. The Hall–Kier alpha value is -2.31. The molecule has 2 aliphatic rings. The zero-order valence-corrected chi connectivity index (χ0v) is 14.2. The lowest BCUT2D eigenvalue weighted by molar-refractivity contribution is -0.134. The lowest BCUT2D eigenvalue weighted by Crippen LogP contribution is -2.39. The molecule has 2 aliphatic heterocycles. The number of carbonyl (C=O) groups is 3. The van der Waals surface area contributed by atoms with Crippen molar-refractivity contribution < 1.29 is 14.4 Å². The Bertz CT molecular complexity index is 580. The van der Waals surface area contributed by atoms with Crippen LogP contribution in [0.4, 0.5) is 5.95 Å². The van der Waals surface area contributed by atoms with Crippen LogP contribution in [0.1, 0.15) is 51.0 Å². The van der Waals surface area contributed by atoms with Gasteiger partial charge in [-0.2, -0.15) is 0 Å². The van der Waals surface area contributed by atoms with Gasteiger partial charge in [-0.05, 0) is 19.3 Å². The molecule has 130 valence electrons. The Morgan fingerprint density at radius 2 is 1.75 bits per heavy atom. The van der Waals surface area contributed by atoms with Crippen LogP contribution in [0.2, 0.25) is 0 Å². The van der Waals surface area contributed by atoms with Gasteiger partial charge in [-0.1, -0.05) is 13.8 Å². The number of hydrogen-bond acceptors (Lipinski definition) is 6. The summed E-state index contributed by atoms with van der Waals surface area (Å²) in [4.78, 5) is 44.5. The molecule has 1 unspecified atom stereocenters. The van der Waals surface area contributed by atoms with Crippen LogP contribution in [-0.4, -0.2) is 41.2 Å². The summed E-state index contributed by atoms with van der Waals surface area (Å²) < 4.78 is 0. The molecule has 2 fully saturated rings. The lowest BCUT2D eigenvalue weighted by Gasteiger charge is -2.29. The average molecular weight is 332 g/mol. The molecule has 1 atom stereocenters. The molecule has 3 heterocycles. The van der Waals surface area contributed by atoms with Crippen LogP contribution in [0.5, 0.6) is 0 Å². The Morgan fingerprint density at radius 1 is 1.12 bits per heavy atom. The predicted molar refractivity (Wildman–Crippen MR) is 89.5 cm³/mol. The van der Waals surface area contributed by atoms with E-state index in [1.807, 2.05) is 18.7 Å². The van der Waals surface area contributed by atoms with Gasteiger partial charge in [0, 0.05) is 43.4 Å². The summed E-state index contributed by atoms with van der Waals surface area (Å²) >= 11 is 0. The number of aromatic nitrogens is 2. The van der Waals surface area contributed by atoms with Gasteiger partial charge < -0.3 is 9.69 Å². The van der Waals surface area contributed by atoms with E-state index >= 15 is 0 Å². The third kappa shape index (κ3) is 4.15. The molecule has 7 nitrogen and oxygen atoms in total. The number of nitrogens with one attached hydrogen (secondary N) is 1. The number of anilines is 1. The second-order valence-electron chi connectivity index (χ2n) is 5.78. The maximum absolute atomic E-state index is 11.8. The highest BCUT2D eigenvalue weighted by Crippen LogP contribution is 2.25. The fraction of sp³-hybridized carbons (Fsp3) is 0.588. The molecule has 1 aromatic rings. The van der Waals surface area contributed by atoms with Crippen LogP contribution in [0.15, 0.2) is 12.4 Å². The number of hydrogen-bond donors (Lipinski definition) is 1. The molecule has 1 N–H and O–H groups in total. The number of imide groups is 1. The Morgan fingerprint density at radius 3 is 2.29 bits per heavy atom. The molecule has 7 heteroatoms. The number of carbonyl (C=O) groups excluding carboxylic acids is 3. The molecule has 0 radical (unpaired) electrons. The van der Waals surface area contributed by atoms with Crippen LogP contribution in [0.3, 0.4) is 0 Å². The van der Waals surface area contributed by atoms with Crippen molar-refractivity contribution in [3.8, 4) is 0 Å². The van der Waals surface area contributed by atoms with E-state index in [4.69, 9.17) is 0 Å². The molecule has 2 amide bonds. The molecule has 3 rings (SSSR count). The summed E-state index contributed by atoms with van der Waals surface area (Å²) in [5, 5.41) is 2.34. The molecule has 0 spiro atoms. The highest BCUT2D eigenvalue weighted by atomic mass is 16.2. The summed E-state index contributed by atoms with van der Waals surface area (Å²) in [7, 11) is 0. The normalized spacial score (nSPS) is 21.6. The van der Waals surface area contributed by atoms with E-state index in [1.54, 1.807) is 12.4 Å². The maximum Gasteiger partial charge on any atom is 0.234 e. The van der Waals surface area contributed by atoms with E-state index in [9.17, 15) is 14.4 Å². The fourth-order valence-corrected chi connectivity index (χ4v) is 2.92. The van der Waals surface area contributed by atoms with Crippen LogP contribution >= 0.6 is 0 Å². The van der Waals surface area contributed by atoms with Crippen molar-refractivity contribution in [2.24, 2.45) is 5.92 Å². The Labute approximate surface area is 141 Å². The monoisotopic (exact) mass is 332 g/mol. The maximum atomic E-state index is 11.8. The first-order valence-corrected chi connectivity index (χ1v) is 8.53. The van der Waals surface area contributed by atoms with Gasteiger partial charge in [0.2, 0.25) is 17.8 Å². The van der Waals surface area contributed by atoms with E-state index in [2.05, 4.69) is 15.3 Å². The molecule has 2 saturated heterocycles. The highest BCUT2D eigenvalue weighted by molar-refractivity contribution is 6.00. The molecular weight excluding hydrogens is 308 g/mol. The van der Waals surface area contributed by atoms with Gasteiger partial charge in [-0.25, -0.2) is 9.97 Å². The minimum Gasteiger partial charge on any atom is -0.341 e. The summed E-state index contributed by atoms with van der Waals surface area (Å²) in [5.74, 6) is -0.0943. The fourth-order valence-electron chi connectivity index (χ4n) is 2.92. The van der Waals surface area contributed by atoms with Crippen molar-refractivity contribution in [1.29, 1.82) is 0 Å². The third-order valence-corrected chi connectivity index (χ3v) is 4.31. The van der Waals surface area contributed by atoms with E-state index in [-0.39, 0.29) is 23.7 Å². The van der Waals surface area contributed by atoms with Crippen LogP contribution in [0, 0.1) is 5.92 Å². The molecule has 24 heavy (non-hydrogen) atoms. The molecule has 0 aromatic carbocycles. The van der Waals surface area contributed by atoms with Crippen molar-refractivity contribution in [2.45, 2.75) is 45.4 Å². The van der Waals surface area contributed by atoms with Crippen LogP contribution in [0.25, 0.3) is 0 Å². The summed E-state index contributed by atoms with van der Waals surface area (Å²) in [6, 6.07) is 0. The Balaban J connectivity index is 0.00000100. The SMILES string of the molecule is CC.O=CC1CCN(c2ncc(C3CCC(=O)NC3=O)cn2)CC1.